The van der Waals surface area contributed by atoms with Gasteiger partial charge in [-0.25, -0.2) is 4.98 Å². The van der Waals surface area contributed by atoms with E-state index in [4.69, 9.17) is 11.6 Å². The number of aryl methyl sites for hydroxylation is 1. The highest BCUT2D eigenvalue weighted by Gasteiger charge is 2.06. The lowest BCUT2D eigenvalue weighted by molar-refractivity contribution is 0.102. The second-order valence-corrected chi connectivity index (χ2v) is 6.17. The van der Waals surface area contributed by atoms with Gasteiger partial charge in [-0.05, 0) is 48.9 Å². The van der Waals surface area contributed by atoms with Crippen molar-refractivity contribution in [1.82, 2.24) is 4.98 Å². The summed E-state index contributed by atoms with van der Waals surface area (Å²) in [6, 6.07) is 18.7. The number of aromatic nitrogens is 1. The first-order valence-corrected chi connectivity index (χ1v) is 8.30. The number of anilines is 2. The highest BCUT2D eigenvalue weighted by Crippen LogP contribution is 2.14. The number of amides is 1. The monoisotopic (exact) mass is 351 g/mol. The molecule has 25 heavy (non-hydrogen) atoms. The molecule has 0 saturated heterocycles. The van der Waals surface area contributed by atoms with Crippen LogP contribution in [0.2, 0.25) is 5.02 Å². The highest BCUT2D eigenvalue weighted by molar-refractivity contribution is 6.30. The van der Waals surface area contributed by atoms with E-state index >= 15 is 0 Å². The molecular weight excluding hydrogens is 334 g/mol. The van der Waals surface area contributed by atoms with Crippen LogP contribution in [0, 0.1) is 6.92 Å². The van der Waals surface area contributed by atoms with Crippen LogP contribution in [-0.4, -0.2) is 10.9 Å². The first kappa shape index (κ1) is 17.0. The number of nitrogens with zero attached hydrogens (tertiary/aromatic N) is 1. The summed E-state index contributed by atoms with van der Waals surface area (Å²) in [4.78, 5) is 16.4. The van der Waals surface area contributed by atoms with Crippen molar-refractivity contribution in [2.24, 2.45) is 0 Å². The predicted molar refractivity (Wildman–Crippen MR) is 102 cm³/mol. The minimum atomic E-state index is -0.218. The van der Waals surface area contributed by atoms with E-state index in [0.717, 1.165) is 12.2 Å². The maximum absolute atomic E-state index is 12.1. The van der Waals surface area contributed by atoms with Gasteiger partial charge in [-0.15, -0.1) is 0 Å². The molecule has 2 N–H and O–H groups in total. The van der Waals surface area contributed by atoms with Gasteiger partial charge in [-0.3, -0.25) is 4.79 Å². The second-order valence-electron chi connectivity index (χ2n) is 5.73. The van der Waals surface area contributed by atoms with E-state index in [0.29, 0.717) is 16.4 Å². The zero-order chi connectivity index (χ0) is 17.6. The van der Waals surface area contributed by atoms with E-state index in [9.17, 15) is 4.79 Å². The average molecular weight is 352 g/mol. The largest absolute Gasteiger partial charge is 0.380 e. The van der Waals surface area contributed by atoms with Crippen molar-refractivity contribution >= 4 is 29.0 Å². The Hall–Kier alpha value is -2.85. The number of carbonyl (C=O) groups excluding carboxylic acids is 1. The number of halogens is 1. The molecule has 4 nitrogen and oxygen atoms in total. The van der Waals surface area contributed by atoms with E-state index < -0.39 is 0 Å². The van der Waals surface area contributed by atoms with Crippen LogP contribution >= 0.6 is 11.6 Å². The van der Waals surface area contributed by atoms with Crippen molar-refractivity contribution in [3.8, 4) is 0 Å². The van der Waals surface area contributed by atoms with Crippen molar-refractivity contribution in [3.05, 3.63) is 88.6 Å². The Balaban J connectivity index is 1.57. The van der Waals surface area contributed by atoms with Crippen LogP contribution < -0.4 is 10.6 Å². The van der Waals surface area contributed by atoms with Gasteiger partial charge in [0, 0.05) is 17.1 Å². The van der Waals surface area contributed by atoms with E-state index in [-0.39, 0.29) is 5.91 Å². The molecule has 1 amide bonds. The highest BCUT2D eigenvalue weighted by atomic mass is 35.5. The van der Waals surface area contributed by atoms with Crippen LogP contribution in [-0.2, 0) is 6.54 Å². The summed E-state index contributed by atoms with van der Waals surface area (Å²) < 4.78 is 0. The molecule has 0 atom stereocenters. The Morgan fingerprint density at radius 1 is 1.00 bits per heavy atom. The van der Waals surface area contributed by atoms with Crippen molar-refractivity contribution in [1.29, 1.82) is 0 Å². The molecule has 0 fully saturated rings. The summed E-state index contributed by atoms with van der Waals surface area (Å²) in [6.45, 7) is 2.79. The summed E-state index contributed by atoms with van der Waals surface area (Å²) in [7, 11) is 0. The van der Waals surface area contributed by atoms with Crippen molar-refractivity contribution in [3.63, 3.8) is 0 Å². The van der Waals surface area contributed by atoms with Crippen LogP contribution in [0.3, 0.4) is 0 Å². The number of rotatable bonds is 5. The normalized spacial score (nSPS) is 10.3. The molecule has 0 bridgehead atoms. The predicted octanol–water partition coefficient (Wildman–Crippen LogP) is 4.91. The quantitative estimate of drug-likeness (QED) is 0.686. The standard InChI is InChI=1S/C20H18ClN3O/c1-14-2-4-15(5-3-14)12-22-18-10-11-19(23-13-18)24-20(25)16-6-8-17(21)9-7-16/h2-11,13,22H,12H2,1H3,(H,23,24,25). The van der Waals surface area contributed by atoms with Gasteiger partial charge >= 0.3 is 0 Å². The molecule has 3 rings (SSSR count). The lowest BCUT2D eigenvalue weighted by Crippen LogP contribution is -2.12. The fourth-order valence-electron chi connectivity index (χ4n) is 2.27. The number of carbonyl (C=O) groups is 1. The first-order chi connectivity index (χ1) is 12.1. The Morgan fingerprint density at radius 3 is 2.36 bits per heavy atom. The lowest BCUT2D eigenvalue weighted by Gasteiger charge is -2.08. The molecule has 126 valence electrons. The molecular formula is C20H18ClN3O. The van der Waals surface area contributed by atoms with Gasteiger partial charge in [0.1, 0.15) is 5.82 Å². The smallest absolute Gasteiger partial charge is 0.256 e. The third kappa shape index (κ3) is 4.81. The molecule has 0 aliphatic heterocycles. The molecule has 0 saturated carbocycles. The van der Waals surface area contributed by atoms with Gasteiger partial charge in [0.25, 0.3) is 5.91 Å². The van der Waals surface area contributed by atoms with Crippen LogP contribution in [0.4, 0.5) is 11.5 Å². The van der Waals surface area contributed by atoms with Crippen LogP contribution in [0.1, 0.15) is 21.5 Å². The van der Waals surface area contributed by atoms with Crippen molar-refractivity contribution in [2.75, 3.05) is 10.6 Å². The maximum Gasteiger partial charge on any atom is 0.256 e. The molecule has 3 aromatic rings. The third-order valence-corrected chi connectivity index (χ3v) is 3.98. The zero-order valence-electron chi connectivity index (χ0n) is 13.8. The van der Waals surface area contributed by atoms with Crippen LogP contribution in [0.5, 0.6) is 0 Å². The molecule has 2 aromatic carbocycles. The summed E-state index contributed by atoms with van der Waals surface area (Å²) >= 11 is 5.82. The number of benzene rings is 2. The molecule has 0 radical (unpaired) electrons. The molecule has 5 heteroatoms. The van der Waals surface area contributed by atoms with Gasteiger partial charge in [0.15, 0.2) is 0 Å². The maximum atomic E-state index is 12.1. The Morgan fingerprint density at radius 2 is 1.72 bits per heavy atom. The van der Waals surface area contributed by atoms with E-state index in [1.54, 1.807) is 36.5 Å². The number of pyridine rings is 1. The fraction of sp³-hybridized carbons (Fsp3) is 0.100. The number of nitrogens with one attached hydrogen (secondary N) is 2. The van der Waals surface area contributed by atoms with E-state index in [1.165, 1.54) is 11.1 Å². The average Bonchev–Trinajstić information content (AvgIpc) is 2.63. The SMILES string of the molecule is Cc1ccc(CNc2ccc(NC(=O)c3ccc(Cl)cc3)nc2)cc1. The number of hydrogen-bond acceptors (Lipinski definition) is 3. The molecule has 0 aliphatic rings. The van der Waals surface area contributed by atoms with Crippen molar-refractivity contribution < 1.29 is 4.79 Å². The summed E-state index contributed by atoms with van der Waals surface area (Å²) in [6.07, 6.45) is 1.70. The zero-order valence-corrected chi connectivity index (χ0v) is 14.5. The summed E-state index contributed by atoms with van der Waals surface area (Å²) in [5, 5.41) is 6.67. The summed E-state index contributed by atoms with van der Waals surface area (Å²) in [5.74, 6) is 0.283. The van der Waals surface area contributed by atoms with Crippen LogP contribution in [0.15, 0.2) is 66.9 Å². The molecule has 0 aliphatic carbocycles. The van der Waals surface area contributed by atoms with Crippen LogP contribution in [0.25, 0.3) is 0 Å². The molecule has 1 heterocycles. The van der Waals surface area contributed by atoms with E-state index in [2.05, 4.69) is 46.8 Å². The van der Waals surface area contributed by atoms with Gasteiger partial charge in [0.2, 0.25) is 0 Å². The minimum absolute atomic E-state index is 0.218. The van der Waals surface area contributed by atoms with Gasteiger partial charge in [-0.1, -0.05) is 41.4 Å². The van der Waals surface area contributed by atoms with Gasteiger partial charge in [-0.2, -0.15) is 0 Å². The second kappa shape index (κ2) is 7.81. The molecule has 1 aromatic heterocycles. The first-order valence-electron chi connectivity index (χ1n) is 7.92. The minimum Gasteiger partial charge on any atom is -0.380 e. The molecule has 0 spiro atoms. The van der Waals surface area contributed by atoms with Crippen molar-refractivity contribution in [2.45, 2.75) is 13.5 Å². The molecule has 0 unspecified atom stereocenters. The van der Waals surface area contributed by atoms with Gasteiger partial charge in [0.05, 0.1) is 11.9 Å². The third-order valence-electron chi connectivity index (χ3n) is 3.73. The lowest BCUT2D eigenvalue weighted by atomic mass is 10.1. The number of hydrogen-bond donors (Lipinski definition) is 2. The van der Waals surface area contributed by atoms with Gasteiger partial charge < -0.3 is 10.6 Å². The Kier molecular flexibility index (Phi) is 5.31. The fourth-order valence-corrected chi connectivity index (χ4v) is 2.40. The van der Waals surface area contributed by atoms with E-state index in [1.807, 2.05) is 6.07 Å². The topological polar surface area (TPSA) is 54.0 Å². The Labute approximate surface area is 151 Å². The summed E-state index contributed by atoms with van der Waals surface area (Å²) in [5.41, 5.74) is 3.87. The Bertz CT molecular complexity index is 844.